The lowest BCUT2D eigenvalue weighted by Gasteiger charge is -2.23. The minimum absolute atomic E-state index is 0.0417. The van der Waals surface area contributed by atoms with E-state index in [0.717, 1.165) is 24.8 Å². The van der Waals surface area contributed by atoms with Crippen LogP contribution in [-0.2, 0) is 13.5 Å². The van der Waals surface area contributed by atoms with Gasteiger partial charge in [-0.15, -0.1) is 0 Å². The molecule has 0 saturated carbocycles. The molecule has 0 radical (unpaired) electrons. The third-order valence-corrected chi connectivity index (χ3v) is 3.43. The second-order valence-corrected chi connectivity index (χ2v) is 4.57. The van der Waals surface area contributed by atoms with Crippen LogP contribution in [0.15, 0.2) is 29.0 Å². The third kappa shape index (κ3) is 1.81. The Kier molecular flexibility index (Phi) is 2.66. The highest BCUT2D eigenvalue weighted by Gasteiger charge is 2.25. The van der Waals surface area contributed by atoms with Gasteiger partial charge >= 0.3 is 0 Å². The van der Waals surface area contributed by atoms with Crippen molar-refractivity contribution in [3.63, 3.8) is 0 Å². The highest BCUT2D eigenvalue weighted by Crippen LogP contribution is 2.29. The van der Waals surface area contributed by atoms with Gasteiger partial charge in [-0.05, 0) is 31.4 Å². The summed E-state index contributed by atoms with van der Waals surface area (Å²) in [7, 11) is 1.94. The zero-order valence-electron chi connectivity index (χ0n) is 10.2. The van der Waals surface area contributed by atoms with Crippen molar-refractivity contribution in [3.8, 4) is 0 Å². The summed E-state index contributed by atoms with van der Waals surface area (Å²) in [6, 6.07) is 3.42. The number of amides is 1. The summed E-state index contributed by atoms with van der Waals surface area (Å²) in [6.07, 6.45) is 6.40. The van der Waals surface area contributed by atoms with Crippen molar-refractivity contribution < 1.29 is 9.21 Å². The number of nitrogens with zero attached hydrogens (tertiary/aromatic N) is 2. The summed E-state index contributed by atoms with van der Waals surface area (Å²) in [4.78, 5) is 12.0. The van der Waals surface area contributed by atoms with Gasteiger partial charge in [0.2, 0.25) is 0 Å². The molecule has 0 spiro atoms. The molecule has 0 bridgehead atoms. The quantitative estimate of drug-likeness (QED) is 0.878. The number of nitrogens with one attached hydrogen (secondary N) is 1. The number of carbonyl (C=O) groups is 1. The van der Waals surface area contributed by atoms with Crippen molar-refractivity contribution in [2.45, 2.75) is 25.3 Å². The number of aromatic nitrogens is 2. The highest BCUT2D eigenvalue weighted by atomic mass is 16.3. The van der Waals surface area contributed by atoms with Crippen LogP contribution >= 0.6 is 0 Å². The Balaban J connectivity index is 1.80. The third-order valence-electron chi connectivity index (χ3n) is 3.43. The largest absolute Gasteiger partial charge is 0.459 e. The maximum absolute atomic E-state index is 12.0. The Labute approximate surface area is 105 Å². The summed E-state index contributed by atoms with van der Waals surface area (Å²) < 4.78 is 6.99. The van der Waals surface area contributed by atoms with Gasteiger partial charge < -0.3 is 9.73 Å². The van der Waals surface area contributed by atoms with Gasteiger partial charge in [-0.2, -0.15) is 5.10 Å². The molecule has 2 aromatic heterocycles. The monoisotopic (exact) mass is 245 g/mol. The lowest BCUT2D eigenvalue weighted by molar-refractivity contribution is 0.0904. The first-order chi connectivity index (χ1) is 8.75. The topological polar surface area (TPSA) is 60.1 Å². The second-order valence-electron chi connectivity index (χ2n) is 4.57. The minimum atomic E-state index is -0.165. The van der Waals surface area contributed by atoms with Crippen LogP contribution in [0.5, 0.6) is 0 Å². The average Bonchev–Trinajstić information content (AvgIpc) is 3.00. The molecule has 2 aromatic rings. The van der Waals surface area contributed by atoms with Gasteiger partial charge in [-0.25, -0.2) is 0 Å². The minimum Gasteiger partial charge on any atom is -0.459 e. The molecule has 1 atom stereocenters. The van der Waals surface area contributed by atoms with E-state index in [0.29, 0.717) is 5.76 Å². The van der Waals surface area contributed by atoms with Crippen molar-refractivity contribution in [1.29, 1.82) is 0 Å². The van der Waals surface area contributed by atoms with E-state index in [9.17, 15) is 4.79 Å². The molecule has 0 saturated heterocycles. The number of fused-ring (bicyclic) bond motifs is 1. The molecule has 18 heavy (non-hydrogen) atoms. The van der Waals surface area contributed by atoms with E-state index in [1.54, 1.807) is 12.1 Å². The number of hydrogen-bond acceptors (Lipinski definition) is 3. The van der Waals surface area contributed by atoms with Crippen molar-refractivity contribution in [1.82, 2.24) is 15.1 Å². The lowest BCUT2D eigenvalue weighted by atomic mass is 9.93. The molecule has 5 nitrogen and oxygen atoms in total. The fourth-order valence-electron chi connectivity index (χ4n) is 2.49. The van der Waals surface area contributed by atoms with Gasteiger partial charge in [0, 0.05) is 18.3 Å². The number of rotatable bonds is 2. The molecule has 2 heterocycles. The number of furan rings is 1. The first-order valence-corrected chi connectivity index (χ1v) is 6.11. The molecule has 1 aliphatic carbocycles. The Morgan fingerprint density at radius 1 is 1.61 bits per heavy atom. The standard InChI is InChI=1S/C13H15N3O2/c1-16-11-5-2-4-10(9(11)8-14-16)15-13(17)12-6-3-7-18-12/h3,6-8,10H,2,4-5H2,1H3,(H,15,17)/t10-/m1/s1. The van der Waals surface area contributed by atoms with Crippen molar-refractivity contribution in [2.24, 2.45) is 7.05 Å². The molecular weight excluding hydrogens is 230 g/mol. The molecule has 0 aliphatic heterocycles. The second kappa shape index (κ2) is 4.33. The smallest absolute Gasteiger partial charge is 0.287 e. The Morgan fingerprint density at radius 3 is 3.28 bits per heavy atom. The van der Waals surface area contributed by atoms with Gasteiger partial charge in [0.05, 0.1) is 18.5 Å². The van der Waals surface area contributed by atoms with Crippen LogP contribution in [-0.4, -0.2) is 15.7 Å². The van der Waals surface area contributed by atoms with Crippen molar-refractivity contribution >= 4 is 5.91 Å². The van der Waals surface area contributed by atoms with E-state index in [4.69, 9.17) is 4.42 Å². The zero-order valence-corrected chi connectivity index (χ0v) is 10.2. The van der Waals surface area contributed by atoms with E-state index < -0.39 is 0 Å². The molecule has 1 aliphatic rings. The molecule has 1 N–H and O–H groups in total. The van der Waals surface area contributed by atoms with Gasteiger partial charge in [0.25, 0.3) is 5.91 Å². The van der Waals surface area contributed by atoms with Gasteiger partial charge in [-0.1, -0.05) is 0 Å². The molecule has 3 rings (SSSR count). The number of hydrogen-bond donors (Lipinski definition) is 1. The molecule has 0 unspecified atom stereocenters. The Bertz CT molecular complexity index is 557. The normalized spacial score (nSPS) is 18.4. The first-order valence-electron chi connectivity index (χ1n) is 6.11. The maximum Gasteiger partial charge on any atom is 0.287 e. The van der Waals surface area contributed by atoms with Crippen molar-refractivity contribution in [3.05, 3.63) is 41.6 Å². The predicted molar refractivity (Wildman–Crippen MR) is 65.1 cm³/mol. The summed E-state index contributed by atoms with van der Waals surface area (Å²) in [5.74, 6) is 0.188. The summed E-state index contributed by atoms with van der Waals surface area (Å²) in [5, 5.41) is 7.27. The highest BCUT2D eigenvalue weighted by molar-refractivity contribution is 5.91. The van der Waals surface area contributed by atoms with Crippen LogP contribution in [0.4, 0.5) is 0 Å². The van der Waals surface area contributed by atoms with E-state index in [1.807, 2.05) is 17.9 Å². The van der Waals surface area contributed by atoms with Crippen LogP contribution in [0.2, 0.25) is 0 Å². The molecular formula is C13H15N3O2. The molecule has 1 amide bonds. The first kappa shape index (κ1) is 11.1. The molecule has 94 valence electrons. The molecule has 0 aromatic carbocycles. The predicted octanol–water partition coefficient (Wildman–Crippen LogP) is 1.82. The Morgan fingerprint density at radius 2 is 2.50 bits per heavy atom. The summed E-state index contributed by atoms with van der Waals surface area (Å²) in [5.41, 5.74) is 2.34. The van der Waals surface area contributed by atoms with Crippen LogP contribution in [0.1, 0.15) is 40.7 Å². The van der Waals surface area contributed by atoms with Crippen LogP contribution in [0.25, 0.3) is 0 Å². The van der Waals surface area contributed by atoms with Crippen molar-refractivity contribution in [2.75, 3.05) is 0 Å². The molecule has 5 heteroatoms. The van der Waals surface area contributed by atoms with Crippen LogP contribution in [0, 0.1) is 0 Å². The van der Waals surface area contributed by atoms with E-state index in [-0.39, 0.29) is 11.9 Å². The fraction of sp³-hybridized carbons (Fsp3) is 0.385. The number of aryl methyl sites for hydroxylation is 1. The van der Waals surface area contributed by atoms with E-state index >= 15 is 0 Å². The van der Waals surface area contributed by atoms with E-state index in [1.165, 1.54) is 12.0 Å². The Hall–Kier alpha value is -2.04. The SMILES string of the molecule is Cn1ncc2c1CCC[C@H]2NC(=O)c1ccco1. The van der Waals surface area contributed by atoms with Crippen LogP contribution in [0.3, 0.4) is 0 Å². The van der Waals surface area contributed by atoms with Gasteiger partial charge in [-0.3, -0.25) is 9.48 Å². The van der Waals surface area contributed by atoms with Gasteiger partial charge in [0.15, 0.2) is 5.76 Å². The maximum atomic E-state index is 12.0. The van der Waals surface area contributed by atoms with Gasteiger partial charge in [0.1, 0.15) is 0 Å². The van der Waals surface area contributed by atoms with E-state index in [2.05, 4.69) is 10.4 Å². The summed E-state index contributed by atoms with van der Waals surface area (Å²) >= 11 is 0. The lowest BCUT2D eigenvalue weighted by Crippen LogP contribution is -2.30. The summed E-state index contributed by atoms with van der Waals surface area (Å²) in [6.45, 7) is 0. The average molecular weight is 245 g/mol. The zero-order chi connectivity index (χ0) is 12.5. The van der Waals surface area contributed by atoms with Crippen LogP contribution < -0.4 is 5.32 Å². The fourth-order valence-corrected chi connectivity index (χ4v) is 2.49. The number of carbonyl (C=O) groups excluding carboxylic acids is 1. The molecule has 0 fully saturated rings.